The summed E-state index contributed by atoms with van der Waals surface area (Å²) in [6.07, 6.45) is 62.0. The summed E-state index contributed by atoms with van der Waals surface area (Å²) in [5, 5.41) is 20.4. The quantitative estimate of drug-likeness (QED) is 0.0478. The van der Waals surface area contributed by atoms with Gasteiger partial charge in [0.05, 0.1) is 6.61 Å². The topological polar surface area (TPSA) is 49.7 Å². The predicted molar refractivity (Wildman–Crippen MR) is 246 cm³/mol. The average molecular weight is 779 g/mol. The van der Waals surface area contributed by atoms with Crippen LogP contribution in [-0.4, -0.2) is 22.8 Å². The summed E-state index contributed by atoms with van der Waals surface area (Å²) in [6.45, 7) is 8.79. The number of ether oxygens (including phenoxy) is 1. The predicted octanol–water partition coefficient (Wildman–Crippen LogP) is 18.3. The fourth-order valence-corrected chi connectivity index (χ4v) is 8.96. The molecule has 0 saturated heterocycles. The molecule has 0 bridgehead atoms. The van der Waals surface area contributed by atoms with Gasteiger partial charge in [-0.05, 0) is 24.7 Å². The zero-order valence-electron chi connectivity index (χ0n) is 38.8. The van der Waals surface area contributed by atoms with Crippen LogP contribution >= 0.6 is 0 Å². The molecular weight excluding hydrogens is 673 g/mol. The van der Waals surface area contributed by atoms with Gasteiger partial charge in [-0.1, -0.05) is 290 Å². The van der Waals surface area contributed by atoms with Crippen molar-refractivity contribution in [2.75, 3.05) is 6.61 Å². The Balaban J connectivity index is 4.64. The molecule has 0 amide bonds. The molecule has 0 atom stereocenters. The van der Waals surface area contributed by atoms with Crippen LogP contribution in [0.3, 0.4) is 0 Å². The van der Waals surface area contributed by atoms with E-state index in [-0.39, 0.29) is 5.41 Å². The van der Waals surface area contributed by atoms with E-state index in [0.717, 1.165) is 0 Å². The van der Waals surface area contributed by atoms with Crippen molar-refractivity contribution < 1.29 is 14.9 Å². The molecule has 3 nitrogen and oxygen atoms in total. The Hall–Kier alpha value is -0.120. The third kappa shape index (κ3) is 43.3. The van der Waals surface area contributed by atoms with E-state index < -0.39 is 5.97 Å². The molecule has 332 valence electrons. The number of hydrogen-bond acceptors (Lipinski definition) is 3. The lowest BCUT2D eigenvalue weighted by molar-refractivity contribution is -0.334. The molecule has 0 aromatic heterocycles. The van der Waals surface area contributed by atoms with Crippen molar-refractivity contribution in [2.45, 2.75) is 323 Å². The molecule has 0 aromatic rings. The lowest BCUT2D eigenvalue weighted by Crippen LogP contribution is -2.36. The summed E-state index contributed by atoms with van der Waals surface area (Å²) in [5.74, 6) is -2.04. The van der Waals surface area contributed by atoms with Gasteiger partial charge in [0.1, 0.15) is 0 Å². The molecule has 0 heterocycles. The smallest absolute Gasteiger partial charge is 0.274 e. The van der Waals surface area contributed by atoms with Crippen LogP contribution in [0, 0.1) is 5.41 Å². The zero-order valence-corrected chi connectivity index (χ0v) is 38.8. The molecule has 0 aromatic carbocycles. The lowest BCUT2D eigenvalue weighted by Gasteiger charge is -2.36. The second kappa shape index (κ2) is 43.5. The molecule has 2 N–H and O–H groups in total. The fraction of sp³-hybridized carbons (Fsp3) is 1.00. The van der Waals surface area contributed by atoms with Crippen LogP contribution in [0.2, 0.25) is 0 Å². The molecule has 0 radical (unpaired) electrons. The molecule has 0 saturated carbocycles. The lowest BCUT2D eigenvalue weighted by atomic mass is 9.74. The number of hydrogen-bond donors (Lipinski definition) is 2. The molecule has 0 aliphatic heterocycles. The summed E-state index contributed by atoms with van der Waals surface area (Å²) in [7, 11) is 0. The van der Waals surface area contributed by atoms with E-state index in [1.807, 2.05) is 0 Å². The maximum Gasteiger partial charge on any atom is 0.274 e. The molecule has 0 unspecified atom stereocenters. The summed E-state index contributed by atoms with van der Waals surface area (Å²) < 4.78 is 5.81. The average Bonchev–Trinajstić information content (AvgIpc) is 3.17. The van der Waals surface area contributed by atoms with Crippen molar-refractivity contribution in [3.63, 3.8) is 0 Å². The Bertz CT molecular complexity index is 621. The Morgan fingerprint density at radius 3 is 0.600 bits per heavy atom. The maximum atomic E-state index is 10.2. The van der Waals surface area contributed by atoms with Gasteiger partial charge in [-0.2, -0.15) is 0 Å². The molecule has 0 aliphatic carbocycles. The SMILES string of the molecule is CCCCCCCCCCCCCCCCC(CCCCCCCCCCCCCCCC)(CCCCCCCCCCCCCCCC)COC(C)(O)O. The highest BCUT2D eigenvalue weighted by Crippen LogP contribution is 2.39. The van der Waals surface area contributed by atoms with Crippen LogP contribution < -0.4 is 0 Å². The fourth-order valence-electron chi connectivity index (χ4n) is 8.96. The third-order valence-corrected chi connectivity index (χ3v) is 12.8. The second-order valence-corrected chi connectivity index (χ2v) is 18.8. The van der Waals surface area contributed by atoms with Gasteiger partial charge >= 0.3 is 0 Å². The van der Waals surface area contributed by atoms with Gasteiger partial charge in [-0.3, -0.25) is 0 Å². The highest BCUT2D eigenvalue weighted by molar-refractivity contribution is 4.80. The summed E-state index contributed by atoms with van der Waals surface area (Å²) in [4.78, 5) is 0. The first-order valence-corrected chi connectivity index (χ1v) is 26.0. The largest absolute Gasteiger partial charge is 0.344 e. The first-order valence-electron chi connectivity index (χ1n) is 26.0. The summed E-state index contributed by atoms with van der Waals surface area (Å²) >= 11 is 0. The van der Waals surface area contributed by atoms with Crippen LogP contribution in [-0.2, 0) is 4.74 Å². The third-order valence-electron chi connectivity index (χ3n) is 12.8. The number of unbranched alkanes of at least 4 members (excludes halogenated alkanes) is 39. The van der Waals surface area contributed by atoms with Gasteiger partial charge in [-0.15, -0.1) is 0 Å². The van der Waals surface area contributed by atoms with E-state index in [2.05, 4.69) is 20.8 Å². The molecule has 3 heteroatoms. The van der Waals surface area contributed by atoms with Crippen molar-refractivity contribution in [3.8, 4) is 0 Å². The van der Waals surface area contributed by atoms with Crippen LogP contribution in [0.1, 0.15) is 317 Å². The first-order chi connectivity index (χ1) is 26.9. The Kier molecular flexibility index (Phi) is 43.4. The van der Waals surface area contributed by atoms with E-state index in [0.29, 0.717) is 6.61 Å². The van der Waals surface area contributed by atoms with Gasteiger partial charge in [0.2, 0.25) is 0 Å². The van der Waals surface area contributed by atoms with E-state index in [1.54, 1.807) is 0 Å². The first kappa shape index (κ1) is 54.9. The van der Waals surface area contributed by atoms with Crippen LogP contribution in [0.25, 0.3) is 0 Å². The standard InChI is InChI=1S/C52H106O3/c1-5-8-11-14-17-20-23-26-29-32-35-38-41-44-47-52(50-55-51(4,53)54,48-45-42-39-36-33-30-27-24-21-18-15-12-9-6-2)49-46-43-40-37-34-31-28-25-22-19-16-13-10-7-3/h53-54H,5-50H2,1-4H3. The molecular formula is C52H106O3. The Morgan fingerprint density at radius 1 is 0.273 bits per heavy atom. The van der Waals surface area contributed by atoms with Gasteiger partial charge in [-0.25, -0.2) is 0 Å². The second-order valence-electron chi connectivity index (χ2n) is 18.8. The van der Waals surface area contributed by atoms with E-state index in [1.165, 1.54) is 296 Å². The minimum Gasteiger partial charge on any atom is -0.344 e. The number of aliphatic hydroxyl groups is 2. The summed E-state index contributed by atoms with van der Waals surface area (Å²) in [5.41, 5.74) is 0.0815. The van der Waals surface area contributed by atoms with Gasteiger partial charge in [0.15, 0.2) is 0 Å². The van der Waals surface area contributed by atoms with Gasteiger partial charge in [0.25, 0.3) is 5.97 Å². The minimum atomic E-state index is -2.04. The molecule has 0 aliphatic rings. The Morgan fingerprint density at radius 2 is 0.436 bits per heavy atom. The molecule has 0 spiro atoms. The van der Waals surface area contributed by atoms with Gasteiger partial charge in [0, 0.05) is 6.92 Å². The van der Waals surface area contributed by atoms with E-state index in [4.69, 9.17) is 4.74 Å². The highest BCUT2D eigenvalue weighted by Gasteiger charge is 2.32. The van der Waals surface area contributed by atoms with Gasteiger partial charge < -0.3 is 14.9 Å². The van der Waals surface area contributed by atoms with Crippen molar-refractivity contribution >= 4 is 0 Å². The monoisotopic (exact) mass is 779 g/mol. The van der Waals surface area contributed by atoms with Crippen molar-refractivity contribution in [3.05, 3.63) is 0 Å². The molecule has 55 heavy (non-hydrogen) atoms. The highest BCUT2D eigenvalue weighted by atomic mass is 16.8. The van der Waals surface area contributed by atoms with Crippen LogP contribution in [0.4, 0.5) is 0 Å². The van der Waals surface area contributed by atoms with Crippen molar-refractivity contribution in [2.24, 2.45) is 5.41 Å². The molecule has 0 rings (SSSR count). The maximum absolute atomic E-state index is 10.2. The summed E-state index contributed by atoms with van der Waals surface area (Å²) in [6, 6.07) is 0. The molecule has 0 fully saturated rings. The van der Waals surface area contributed by atoms with Crippen LogP contribution in [0.15, 0.2) is 0 Å². The van der Waals surface area contributed by atoms with Crippen LogP contribution in [0.5, 0.6) is 0 Å². The normalized spacial score (nSPS) is 12.3. The Labute approximate surface area is 348 Å². The van der Waals surface area contributed by atoms with E-state index >= 15 is 0 Å². The zero-order chi connectivity index (χ0) is 40.2. The number of rotatable bonds is 48. The minimum absolute atomic E-state index is 0.0815. The van der Waals surface area contributed by atoms with Crippen molar-refractivity contribution in [1.82, 2.24) is 0 Å². The van der Waals surface area contributed by atoms with Crippen molar-refractivity contribution in [1.29, 1.82) is 0 Å². The van der Waals surface area contributed by atoms with E-state index in [9.17, 15) is 10.2 Å².